The highest BCUT2D eigenvalue weighted by molar-refractivity contribution is 5.93. The van der Waals surface area contributed by atoms with Crippen molar-refractivity contribution in [2.45, 2.75) is 110 Å². The number of hydrogen-bond acceptors (Lipinski definition) is 15. The van der Waals surface area contributed by atoms with E-state index in [4.69, 9.17) is 33.2 Å². The summed E-state index contributed by atoms with van der Waals surface area (Å²) < 4.78 is 42.4. The lowest BCUT2D eigenvalue weighted by molar-refractivity contribution is -0.188. The minimum Gasteiger partial charge on any atom is -0.462 e. The van der Waals surface area contributed by atoms with Gasteiger partial charge in [-0.05, 0) is 30.2 Å². The Hall–Kier alpha value is -5.44. The number of ketones is 1. The molecular weight excluding hydrogens is 730 g/mol. The average molecular weight is 778 g/mol. The van der Waals surface area contributed by atoms with Crippen molar-refractivity contribution < 1.29 is 66.7 Å². The summed E-state index contributed by atoms with van der Waals surface area (Å²) in [6.07, 6.45) is -7.17. The van der Waals surface area contributed by atoms with Crippen molar-refractivity contribution in [2.24, 2.45) is 23.2 Å². The van der Waals surface area contributed by atoms with Crippen LogP contribution in [0.15, 0.2) is 67.0 Å². The van der Waals surface area contributed by atoms with Gasteiger partial charge in [0.2, 0.25) is 0 Å². The molecule has 3 aliphatic rings. The van der Waals surface area contributed by atoms with Gasteiger partial charge in [0.15, 0.2) is 29.7 Å². The van der Waals surface area contributed by atoms with Gasteiger partial charge in [0, 0.05) is 63.4 Å². The molecule has 0 bridgehead atoms. The standard InChI is InChI=1S/C41H47NO14/c1-20-18-41(56-26(7)46)29(30(20)50-23(4)43)31(51-24(5)44)21(2)32(52-25(6)45)34(54-38(48)27-14-11-10-12-15-27)37(55-39(49)28-16-13-17-42-19-28)40(8,9)36-33(53-36)22(3)35(41)47/h10-17,19-20,22,29-34,36-37H,2,18H2,1,3-9H3/t20-,22+,29+,30-,31?,32-,33-,34+,36-,37?,41+/m0/s1. The molecule has 2 aromatic rings. The Morgan fingerprint density at radius 2 is 1.34 bits per heavy atom. The van der Waals surface area contributed by atoms with Crippen LogP contribution in [0, 0.1) is 23.2 Å². The third kappa shape index (κ3) is 8.37. The summed E-state index contributed by atoms with van der Waals surface area (Å²) in [7, 11) is 0. The highest BCUT2D eigenvalue weighted by Gasteiger charge is 2.69. The van der Waals surface area contributed by atoms with Crippen LogP contribution in [-0.4, -0.2) is 94.9 Å². The molecule has 15 heteroatoms. The number of pyridine rings is 1. The number of rotatable bonds is 8. The molecule has 300 valence electrons. The first-order chi connectivity index (χ1) is 26.3. The lowest BCUT2D eigenvalue weighted by Crippen LogP contribution is -2.60. The first-order valence-corrected chi connectivity index (χ1v) is 18.3. The fourth-order valence-electron chi connectivity index (χ4n) is 8.24. The molecule has 2 unspecified atom stereocenters. The largest absolute Gasteiger partial charge is 0.462 e. The van der Waals surface area contributed by atoms with E-state index in [1.165, 1.54) is 36.7 Å². The van der Waals surface area contributed by atoms with Crippen molar-refractivity contribution in [3.63, 3.8) is 0 Å². The van der Waals surface area contributed by atoms with Crippen LogP contribution >= 0.6 is 0 Å². The Labute approximate surface area is 324 Å². The van der Waals surface area contributed by atoms with Gasteiger partial charge in [0.1, 0.15) is 12.2 Å². The molecule has 1 aromatic carbocycles. The summed E-state index contributed by atoms with van der Waals surface area (Å²) in [6.45, 7) is 15.2. The second kappa shape index (κ2) is 16.3. The van der Waals surface area contributed by atoms with Crippen LogP contribution in [0.2, 0.25) is 0 Å². The van der Waals surface area contributed by atoms with Crippen molar-refractivity contribution in [1.29, 1.82) is 0 Å². The Balaban J connectivity index is 1.82. The van der Waals surface area contributed by atoms with Gasteiger partial charge >= 0.3 is 35.8 Å². The second-order valence-electron chi connectivity index (χ2n) is 15.2. The molecule has 0 radical (unpaired) electrons. The summed E-state index contributed by atoms with van der Waals surface area (Å²) in [5.41, 5.74) is -3.58. The zero-order chi connectivity index (χ0) is 41.3. The molecule has 0 spiro atoms. The summed E-state index contributed by atoms with van der Waals surface area (Å²) >= 11 is 0. The van der Waals surface area contributed by atoms with E-state index in [1.807, 2.05) is 0 Å². The lowest BCUT2D eigenvalue weighted by atomic mass is 9.69. The number of epoxide rings is 1. The topological polar surface area (TPSA) is 200 Å². The molecule has 5 rings (SSSR count). The Kier molecular flexibility index (Phi) is 12.2. The summed E-state index contributed by atoms with van der Waals surface area (Å²) in [6, 6.07) is 10.9. The van der Waals surface area contributed by atoms with E-state index in [1.54, 1.807) is 45.9 Å². The first kappa shape index (κ1) is 41.7. The van der Waals surface area contributed by atoms with Crippen molar-refractivity contribution in [2.75, 3.05) is 0 Å². The number of aromatic nitrogens is 1. The minimum atomic E-state index is -2.10. The molecule has 1 saturated heterocycles. The van der Waals surface area contributed by atoms with Crippen LogP contribution < -0.4 is 0 Å². The maximum absolute atomic E-state index is 15.0. The van der Waals surface area contributed by atoms with E-state index in [0.717, 1.165) is 27.7 Å². The molecule has 56 heavy (non-hydrogen) atoms. The molecule has 11 atom stereocenters. The van der Waals surface area contributed by atoms with E-state index < -0.39 is 113 Å². The monoisotopic (exact) mass is 777 g/mol. The number of benzene rings is 1. The van der Waals surface area contributed by atoms with Crippen molar-refractivity contribution in [3.8, 4) is 0 Å². The van der Waals surface area contributed by atoms with Crippen molar-refractivity contribution in [3.05, 3.63) is 78.1 Å². The molecule has 1 aliphatic heterocycles. The molecule has 2 saturated carbocycles. The number of Topliss-reactive ketones (excluding diaryl/α,β-unsaturated/α-hetero) is 1. The molecule has 2 heterocycles. The summed E-state index contributed by atoms with van der Waals surface area (Å²) in [5.74, 6) is -8.98. The Morgan fingerprint density at radius 1 is 0.750 bits per heavy atom. The smallest absolute Gasteiger partial charge is 0.340 e. The van der Waals surface area contributed by atoms with Gasteiger partial charge < -0.3 is 33.2 Å². The average Bonchev–Trinajstić information content (AvgIpc) is 3.91. The minimum absolute atomic E-state index is 0.0374. The van der Waals surface area contributed by atoms with Crippen LogP contribution in [0.4, 0.5) is 0 Å². The Bertz CT molecular complexity index is 1880. The van der Waals surface area contributed by atoms with Gasteiger partial charge in [-0.2, -0.15) is 0 Å². The summed E-state index contributed by atoms with van der Waals surface area (Å²) in [5, 5.41) is 0. The Morgan fingerprint density at radius 3 is 1.91 bits per heavy atom. The highest BCUT2D eigenvalue weighted by atomic mass is 16.6. The maximum atomic E-state index is 15.0. The third-order valence-electron chi connectivity index (χ3n) is 10.6. The number of esters is 6. The van der Waals surface area contributed by atoms with Crippen LogP contribution in [0.1, 0.15) is 82.5 Å². The van der Waals surface area contributed by atoms with Gasteiger partial charge in [-0.15, -0.1) is 0 Å². The van der Waals surface area contributed by atoms with Crippen molar-refractivity contribution >= 4 is 41.6 Å². The molecule has 3 fully saturated rings. The maximum Gasteiger partial charge on any atom is 0.340 e. The van der Waals surface area contributed by atoms with Gasteiger partial charge in [0.05, 0.1) is 29.3 Å². The van der Waals surface area contributed by atoms with Crippen molar-refractivity contribution in [1.82, 2.24) is 4.98 Å². The van der Waals surface area contributed by atoms with E-state index in [-0.39, 0.29) is 23.1 Å². The number of fused-ring (bicyclic) bond motifs is 2. The van der Waals surface area contributed by atoms with E-state index in [2.05, 4.69) is 11.6 Å². The quantitative estimate of drug-likeness (QED) is 0.160. The fraction of sp³-hybridized carbons (Fsp3) is 0.512. The van der Waals surface area contributed by atoms with Gasteiger partial charge in [0.25, 0.3) is 0 Å². The normalized spacial score (nSPS) is 32.1. The SMILES string of the molecule is C=C1C(OC(C)=O)[C@H]2[C@@H](OC(C)=O)[C@@H](C)C[C@]2(OC(C)=O)C(=O)[C@H](C)[C@@H]2O[C@@H]2C(C)(C)C(OC(=O)c2cccnc2)[C@H](OC(=O)c2ccccc2)[C@H]1OC(C)=O. The van der Waals surface area contributed by atoms with Crippen LogP contribution in [0.5, 0.6) is 0 Å². The third-order valence-corrected chi connectivity index (χ3v) is 10.6. The zero-order valence-corrected chi connectivity index (χ0v) is 32.5. The van der Waals surface area contributed by atoms with Crippen LogP contribution in [-0.2, 0) is 57.1 Å². The van der Waals surface area contributed by atoms with Gasteiger partial charge in [-0.1, -0.05) is 52.5 Å². The molecule has 2 aliphatic carbocycles. The fourth-order valence-corrected chi connectivity index (χ4v) is 8.24. The highest BCUT2D eigenvalue weighted by Crippen LogP contribution is 2.54. The molecule has 1 aromatic heterocycles. The number of hydrogen-bond donors (Lipinski definition) is 0. The first-order valence-electron chi connectivity index (χ1n) is 18.3. The second-order valence-corrected chi connectivity index (χ2v) is 15.2. The lowest BCUT2D eigenvalue weighted by Gasteiger charge is -2.45. The van der Waals surface area contributed by atoms with E-state index in [0.29, 0.717) is 0 Å². The van der Waals surface area contributed by atoms with E-state index in [9.17, 15) is 28.8 Å². The number of nitrogens with zero attached hydrogens (tertiary/aromatic N) is 1. The van der Waals surface area contributed by atoms with Crippen LogP contribution in [0.3, 0.4) is 0 Å². The number of ether oxygens (including phenoxy) is 7. The molecule has 0 N–H and O–H groups in total. The summed E-state index contributed by atoms with van der Waals surface area (Å²) in [4.78, 5) is 98.8. The number of carbonyl (C=O) groups is 7. The predicted octanol–water partition coefficient (Wildman–Crippen LogP) is 4.15. The molecule has 0 amide bonds. The van der Waals surface area contributed by atoms with E-state index >= 15 is 4.79 Å². The van der Waals surface area contributed by atoms with Gasteiger partial charge in [-0.25, -0.2) is 9.59 Å². The molecule has 15 nitrogen and oxygen atoms in total. The zero-order valence-electron chi connectivity index (χ0n) is 32.5. The van der Waals surface area contributed by atoms with Gasteiger partial charge in [-0.3, -0.25) is 29.0 Å². The number of carbonyl (C=O) groups excluding carboxylic acids is 7. The predicted molar refractivity (Wildman–Crippen MR) is 193 cm³/mol. The van der Waals surface area contributed by atoms with Crippen LogP contribution in [0.25, 0.3) is 0 Å². The molecular formula is C41H47NO14.